The lowest BCUT2D eigenvalue weighted by atomic mass is 10.1. The third kappa shape index (κ3) is 3.80. The molecule has 0 unspecified atom stereocenters. The van der Waals surface area contributed by atoms with Gasteiger partial charge in [0.25, 0.3) is 0 Å². The van der Waals surface area contributed by atoms with Crippen LogP contribution in [0.3, 0.4) is 0 Å². The van der Waals surface area contributed by atoms with Crippen molar-refractivity contribution in [3.05, 3.63) is 64.4 Å². The van der Waals surface area contributed by atoms with Crippen LogP contribution in [0.1, 0.15) is 22.8 Å². The van der Waals surface area contributed by atoms with Gasteiger partial charge >= 0.3 is 0 Å². The molecule has 0 aromatic heterocycles. The number of carbonyl (C=O) groups is 1. The Kier molecular flexibility index (Phi) is 4.17. The molecule has 4 heteroatoms. The van der Waals surface area contributed by atoms with E-state index in [0.717, 1.165) is 5.56 Å². The molecule has 0 saturated heterocycles. The molecule has 2 aromatic carbocycles. The zero-order valence-corrected chi connectivity index (χ0v) is 11.2. The molecular weight excluding hydrogens is 265 g/mol. The summed E-state index contributed by atoms with van der Waals surface area (Å²) in [6, 6.07) is 11.6. The van der Waals surface area contributed by atoms with E-state index in [0.29, 0.717) is 22.8 Å². The van der Waals surface area contributed by atoms with Gasteiger partial charge in [0.1, 0.15) is 5.82 Å². The zero-order valence-electron chi connectivity index (χ0n) is 10.4. The molecule has 0 heterocycles. The van der Waals surface area contributed by atoms with Gasteiger partial charge in [-0.2, -0.15) is 0 Å². The van der Waals surface area contributed by atoms with Crippen molar-refractivity contribution in [2.75, 3.05) is 5.32 Å². The van der Waals surface area contributed by atoms with Crippen LogP contribution in [-0.4, -0.2) is 5.78 Å². The highest BCUT2D eigenvalue weighted by Crippen LogP contribution is 2.16. The number of hydrogen-bond donors (Lipinski definition) is 1. The first-order valence-electron chi connectivity index (χ1n) is 5.84. The number of Topliss-reactive ketones (excluding diaryl/α,β-unsaturated/α-hetero) is 1. The van der Waals surface area contributed by atoms with Gasteiger partial charge in [0.05, 0.1) is 0 Å². The molecule has 0 aliphatic heterocycles. The summed E-state index contributed by atoms with van der Waals surface area (Å²) < 4.78 is 13.4. The Balaban J connectivity index is 2.11. The molecule has 0 atom stereocenters. The molecule has 98 valence electrons. The Morgan fingerprint density at radius 2 is 1.89 bits per heavy atom. The van der Waals surface area contributed by atoms with Crippen molar-refractivity contribution in [1.29, 1.82) is 0 Å². The van der Waals surface area contributed by atoms with Crippen molar-refractivity contribution < 1.29 is 9.18 Å². The van der Waals surface area contributed by atoms with E-state index in [-0.39, 0.29) is 5.78 Å². The quantitative estimate of drug-likeness (QED) is 0.845. The molecule has 0 bridgehead atoms. The van der Waals surface area contributed by atoms with E-state index >= 15 is 0 Å². The molecular formula is C15H13ClFNO. The first-order chi connectivity index (χ1) is 9.04. The van der Waals surface area contributed by atoms with Gasteiger partial charge in [-0.05, 0) is 42.8 Å². The van der Waals surface area contributed by atoms with Crippen molar-refractivity contribution in [2.45, 2.75) is 13.5 Å². The van der Waals surface area contributed by atoms with Gasteiger partial charge in [-0.15, -0.1) is 0 Å². The van der Waals surface area contributed by atoms with Crippen molar-refractivity contribution in [3.8, 4) is 0 Å². The monoisotopic (exact) mass is 277 g/mol. The fourth-order valence-electron chi connectivity index (χ4n) is 1.70. The van der Waals surface area contributed by atoms with Gasteiger partial charge in [0.15, 0.2) is 5.78 Å². The maximum Gasteiger partial charge on any atom is 0.159 e. The minimum Gasteiger partial charge on any atom is -0.381 e. The van der Waals surface area contributed by atoms with Crippen molar-refractivity contribution in [1.82, 2.24) is 0 Å². The van der Waals surface area contributed by atoms with Crippen molar-refractivity contribution >= 4 is 23.1 Å². The first-order valence-corrected chi connectivity index (χ1v) is 6.22. The van der Waals surface area contributed by atoms with Gasteiger partial charge in [-0.3, -0.25) is 4.79 Å². The van der Waals surface area contributed by atoms with Crippen LogP contribution < -0.4 is 5.32 Å². The van der Waals surface area contributed by atoms with Crippen LogP contribution in [0.25, 0.3) is 0 Å². The fraction of sp³-hybridized carbons (Fsp3) is 0.133. The molecule has 0 spiro atoms. The average molecular weight is 278 g/mol. The molecule has 0 saturated carbocycles. The molecule has 19 heavy (non-hydrogen) atoms. The molecule has 0 fully saturated rings. The lowest BCUT2D eigenvalue weighted by Gasteiger charge is -2.08. The van der Waals surface area contributed by atoms with E-state index < -0.39 is 5.82 Å². The standard InChI is InChI=1S/C15H13ClFNO/c1-10(19)12-6-14(17)8-15(7-12)18-9-11-2-4-13(16)5-3-11/h2-8,18H,9H2,1H3. The topological polar surface area (TPSA) is 29.1 Å². The minimum absolute atomic E-state index is 0.158. The molecule has 1 N–H and O–H groups in total. The number of halogens is 2. The predicted octanol–water partition coefficient (Wildman–Crippen LogP) is 4.29. The van der Waals surface area contributed by atoms with E-state index in [9.17, 15) is 9.18 Å². The van der Waals surface area contributed by atoms with Gasteiger partial charge in [-0.1, -0.05) is 23.7 Å². The summed E-state index contributed by atoms with van der Waals surface area (Å²) in [4.78, 5) is 11.3. The molecule has 2 nitrogen and oxygen atoms in total. The van der Waals surface area contributed by atoms with Gasteiger partial charge in [0.2, 0.25) is 0 Å². The largest absolute Gasteiger partial charge is 0.381 e. The average Bonchev–Trinajstić information content (AvgIpc) is 2.37. The van der Waals surface area contributed by atoms with E-state index in [1.54, 1.807) is 18.2 Å². The molecule has 0 radical (unpaired) electrons. The molecule has 2 rings (SSSR count). The van der Waals surface area contributed by atoms with E-state index in [4.69, 9.17) is 11.6 Å². The lowest BCUT2D eigenvalue weighted by Crippen LogP contribution is -2.02. The van der Waals surface area contributed by atoms with E-state index in [1.165, 1.54) is 19.1 Å². The third-order valence-electron chi connectivity index (χ3n) is 2.71. The second kappa shape index (κ2) is 5.85. The van der Waals surface area contributed by atoms with Crippen LogP contribution in [0, 0.1) is 5.82 Å². The number of rotatable bonds is 4. The Labute approximate surface area is 116 Å². The molecule has 0 aliphatic rings. The summed E-state index contributed by atoms with van der Waals surface area (Å²) in [5.74, 6) is -0.583. The Hall–Kier alpha value is -1.87. The number of nitrogens with one attached hydrogen (secondary N) is 1. The van der Waals surface area contributed by atoms with Crippen molar-refractivity contribution in [3.63, 3.8) is 0 Å². The van der Waals surface area contributed by atoms with Crippen LogP contribution in [0.5, 0.6) is 0 Å². The Morgan fingerprint density at radius 3 is 2.53 bits per heavy atom. The maximum absolute atomic E-state index is 13.4. The van der Waals surface area contributed by atoms with Crippen LogP contribution in [0.4, 0.5) is 10.1 Å². The van der Waals surface area contributed by atoms with Crippen LogP contribution >= 0.6 is 11.6 Å². The normalized spacial score (nSPS) is 10.3. The summed E-state index contributed by atoms with van der Waals surface area (Å²) in [5.41, 5.74) is 1.97. The van der Waals surface area contributed by atoms with Crippen molar-refractivity contribution in [2.24, 2.45) is 0 Å². The predicted molar refractivity (Wildman–Crippen MR) is 75.2 cm³/mol. The smallest absolute Gasteiger partial charge is 0.159 e. The zero-order chi connectivity index (χ0) is 13.8. The lowest BCUT2D eigenvalue weighted by molar-refractivity contribution is 0.101. The van der Waals surface area contributed by atoms with E-state index in [1.807, 2.05) is 12.1 Å². The summed E-state index contributed by atoms with van der Waals surface area (Å²) in [5, 5.41) is 3.76. The number of hydrogen-bond acceptors (Lipinski definition) is 2. The fourth-order valence-corrected chi connectivity index (χ4v) is 1.83. The van der Waals surface area contributed by atoms with Crippen LogP contribution in [0.2, 0.25) is 5.02 Å². The summed E-state index contributed by atoms with van der Waals surface area (Å²) in [7, 11) is 0. The number of anilines is 1. The molecule has 2 aromatic rings. The van der Waals surface area contributed by atoms with Crippen LogP contribution in [0.15, 0.2) is 42.5 Å². The highest BCUT2D eigenvalue weighted by atomic mass is 35.5. The second-order valence-electron chi connectivity index (χ2n) is 4.26. The SMILES string of the molecule is CC(=O)c1cc(F)cc(NCc2ccc(Cl)cc2)c1. The number of carbonyl (C=O) groups excluding carboxylic acids is 1. The maximum atomic E-state index is 13.4. The summed E-state index contributed by atoms with van der Waals surface area (Å²) >= 11 is 5.80. The van der Waals surface area contributed by atoms with E-state index in [2.05, 4.69) is 5.32 Å². The summed E-state index contributed by atoms with van der Waals surface area (Å²) in [6.07, 6.45) is 0. The van der Waals surface area contributed by atoms with Gasteiger partial charge in [0, 0.05) is 22.8 Å². The highest BCUT2D eigenvalue weighted by Gasteiger charge is 2.04. The number of benzene rings is 2. The summed E-state index contributed by atoms with van der Waals surface area (Å²) in [6.45, 7) is 1.95. The Bertz CT molecular complexity index is 596. The van der Waals surface area contributed by atoms with Gasteiger partial charge < -0.3 is 5.32 Å². The third-order valence-corrected chi connectivity index (χ3v) is 2.97. The molecule has 0 amide bonds. The van der Waals surface area contributed by atoms with Gasteiger partial charge in [-0.25, -0.2) is 4.39 Å². The Morgan fingerprint density at radius 1 is 1.21 bits per heavy atom. The van der Waals surface area contributed by atoms with Crippen LogP contribution in [-0.2, 0) is 6.54 Å². The highest BCUT2D eigenvalue weighted by molar-refractivity contribution is 6.30. The second-order valence-corrected chi connectivity index (χ2v) is 4.70. The first kappa shape index (κ1) is 13.6. The minimum atomic E-state index is -0.425. The number of ketones is 1. The molecule has 0 aliphatic carbocycles.